The molecule has 4 amide bonds. The Morgan fingerprint density at radius 2 is 1.44 bits per heavy atom. The van der Waals surface area contributed by atoms with Crippen LogP contribution in [0.3, 0.4) is 0 Å². The molecular weight excluding hydrogens is 474 g/mol. The minimum atomic E-state index is -1.59. The normalized spacial score (nSPS) is 15.2. The highest BCUT2D eigenvalue weighted by Gasteiger charge is 2.33. The van der Waals surface area contributed by atoms with Crippen LogP contribution in [-0.2, 0) is 30.4 Å². The van der Waals surface area contributed by atoms with Crippen LogP contribution in [0.2, 0.25) is 0 Å². The number of aromatic hydroxyl groups is 1. The molecular formula is C23H35N5O8. The molecule has 1 aromatic carbocycles. The highest BCUT2D eigenvalue weighted by atomic mass is 16.4. The van der Waals surface area contributed by atoms with E-state index in [1.807, 2.05) is 0 Å². The number of carboxylic acids is 1. The fraction of sp³-hybridized carbons (Fsp3) is 0.522. The summed E-state index contributed by atoms with van der Waals surface area (Å²) in [7, 11) is 0. The number of nitrogens with two attached hydrogens (primary N) is 2. The molecule has 0 radical (unpaired) electrons. The van der Waals surface area contributed by atoms with Crippen molar-refractivity contribution in [2.24, 2.45) is 17.4 Å². The summed E-state index contributed by atoms with van der Waals surface area (Å²) in [6.45, 7) is 4.44. The lowest BCUT2D eigenvalue weighted by atomic mass is 10.00. The SMILES string of the molecule is CC(C)C(NC(=O)C(Cc1ccc(O)cc1)NC(=O)C(N)CCC(N)=O)C(=O)NC(C(=O)O)C(C)O. The maximum absolute atomic E-state index is 13.2. The summed E-state index contributed by atoms with van der Waals surface area (Å²) in [5.74, 6) is -4.88. The summed E-state index contributed by atoms with van der Waals surface area (Å²) in [4.78, 5) is 60.9. The molecule has 0 aliphatic heterocycles. The number of carbonyl (C=O) groups is 5. The molecule has 0 heterocycles. The van der Waals surface area contributed by atoms with Gasteiger partial charge in [-0.05, 0) is 37.0 Å². The van der Waals surface area contributed by atoms with Crippen LogP contribution in [0.15, 0.2) is 24.3 Å². The third-order valence-corrected chi connectivity index (χ3v) is 5.34. The number of benzene rings is 1. The summed E-state index contributed by atoms with van der Waals surface area (Å²) in [6.07, 6.45) is -1.59. The first-order valence-electron chi connectivity index (χ1n) is 11.4. The van der Waals surface area contributed by atoms with Gasteiger partial charge in [-0.3, -0.25) is 19.2 Å². The van der Waals surface area contributed by atoms with Crippen molar-refractivity contribution in [2.45, 2.75) is 70.3 Å². The molecule has 13 nitrogen and oxygen atoms in total. The lowest BCUT2D eigenvalue weighted by Crippen LogP contribution is -2.60. The number of phenolic OH excluding ortho intramolecular Hbond substituents is 1. The van der Waals surface area contributed by atoms with E-state index in [1.165, 1.54) is 19.1 Å². The number of rotatable bonds is 14. The lowest BCUT2D eigenvalue weighted by Gasteiger charge is -2.27. The second-order valence-corrected chi connectivity index (χ2v) is 8.84. The van der Waals surface area contributed by atoms with Gasteiger partial charge in [0, 0.05) is 12.8 Å². The average molecular weight is 510 g/mol. The highest BCUT2D eigenvalue weighted by molar-refractivity contribution is 5.94. The second-order valence-electron chi connectivity index (χ2n) is 8.84. The first-order valence-corrected chi connectivity index (χ1v) is 11.4. The van der Waals surface area contributed by atoms with Crippen LogP contribution in [0.5, 0.6) is 5.75 Å². The van der Waals surface area contributed by atoms with Crippen LogP contribution in [0.25, 0.3) is 0 Å². The Hall–Kier alpha value is -3.71. The largest absolute Gasteiger partial charge is 0.508 e. The van der Waals surface area contributed by atoms with E-state index in [1.54, 1.807) is 26.0 Å². The first-order chi connectivity index (χ1) is 16.7. The molecule has 0 spiro atoms. The van der Waals surface area contributed by atoms with Gasteiger partial charge >= 0.3 is 5.97 Å². The van der Waals surface area contributed by atoms with Crippen LogP contribution in [-0.4, -0.2) is 75.2 Å². The third kappa shape index (κ3) is 9.88. The smallest absolute Gasteiger partial charge is 0.328 e. The zero-order valence-electron chi connectivity index (χ0n) is 20.4. The molecule has 36 heavy (non-hydrogen) atoms. The third-order valence-electron chi connectivity index (χ3n) is 5.34. The molecule has 0 saturated carbocycles. The van der Waals surface area contributed by atoms with E-state index in [0.717, 1.165) is 0 Å². The van der Waals surface area contributed by atoms with Crippen molar-refractivity contribution in [1.82, 2.24) is 16.0 Å². The number of aliphatic carboxylic acids is 1. The van der Waals surface area contributed by atoms with Crippen LogP contribution in [0.1, 0.15) is 39.2 Å². The molecule has 1 rings (SSSR count). The van der Waals surface area contributed by atoms with Gasteiger partial charge in [-0.25, -0.2) is 4.79 Å². The van der Waals surface area contributed by atoms with E-state index in [2.05, 4.69) is 16.0 Å². The number of carboxylic acid groups (broad SMARTS) is 1. The Kier molecular flexibility index (Phi) is 11.8. The minimum Gasteiger partial charge on any atom is -0.508 e. The molecule has 200 valence electrons. The maximum atomic E-state index is 13.2. The lowest BCUT2D eigenvalue weighted by molar-refractivity contribution is -0.145. The molecule has 0 aliphatic rings. The van der Waals surface area contributed by atoms with Crippen molar-refractivity contribution >= 4 is 29.6 Å². The fourth-order valence-corrected chi connectivity index (χ4v) is 3.21. The number of hydrogen-bond acceptors (Lipinski definition) is 8. The summed E-state index contributed by atoms with van der Waals surface area (Å²) >= 11 is 0. The molecule has 5 atom stereocenters. The predicted octanol–water partition coefficient (Wildman–Crippen LogP) is -1.90. The summed E-state index contributed by atoms with van der Waals surface area (Å²) in [6, 6.07) is 0.770. The Morgan fingerprint density at radius 1 is 0.889 bits per heavy atom. The van der Waals surface area contributed by atoms with E-state index in [0.29, 0.717) is 5.56 Å². The number of carbonyl (C=O) groups excluding carboxylic acids is 4. The van der Waals surface area contributed by atoms with E-state index < -0.39 is 65.8 Å². The highest BCUT2D eigenvalue weighted by Crippen LogP contribution is 2.13. The number of amides is 4. The zero-order valence-corrected chi connectivity index (χ0v) is 20.4. The van der Waals surface area contributed by atoms with E-state index in [-0.39, 0.29) is 25.0 Å². The fourth-order valence-electron chi connectivity index (χ4n) is 3.21. The van der Waals surface area contributed by atoms with Crippen LogP contribution in [0.4, 0.5) is 0 Å². The Balaban J connectivity index is 3.10. The van der Waals surface area contributed by atoms with Gasteiger partial charge in [0.25, 0.3) is 0 Å². The van der Waals surface area contributed by atoms with Crippen LogP contribution >= 0.6 is 0 Å². The number of nitrogens with one attached hydrogen (secondary N) is 3. The van der Waals surface area contributed by atoms with Crippen molar-refractivity contribution < 1.29 is 39.3 Å². The van der Waals surface area contributed by atoms with E-state index >= 15 is 0 Å². The topological polar surface area (TPSA) is 234 Å². The molecule has 0 saturated heterocycles. The van der Waals surface area contributed by atoms with Gasteiger partial charge in [-0.1, -0.05) is 26.0 Å². The maximum Gasteiger partial charge on any atom is 0.328 e. The number of aliphatic hydroxyl groups is 1. The average Bonchev–Trinajstić information content (AvgIpc) is 2.79. The van der Waals surface area contributed by atoms with Gasteiger partial charge in [0.15, 0.2) is 6.04 Å². The van der Waals surface area contributed by atoms with Crippen molar-refractivity contribution in [3.8, 4) is 5.75 Å². The van der Waals surface area contributed by atoms with Crippen molar-refractivity contribution in [1.29, 1.82) is 0 Å². The van der Waals surface area contributed by atoms with Gasteiger partial charge in [-0.2, -0.15) is 0 Å². The molecule has 0 fully saturated rings. The number of aliphatic hydroxyl groups excluding tert-OH is 1. The summed E-state index contributed by atoms with van der Waals surface area (Å²) in [5.41, 5.74) is 11.5. The van der Waals surface area contributed by atoms with Crippen molar-refractivity contribution in [3.63, 3.8) is 0 Å². The molecule has 0 aromatic heterocycles. The molecule has 10 N–H and O–H groups in total. The Morgan fingerprint density at radius 3 is 1.92 bits per heavy atom. The molecule has 5 unspecified atom stereocenters. The number of primary amides is 1. The Bertz CT molecular complexity index is 935. The van der Waals surface area contributed by atoms with Gasteiger partial charge in [0.1, 0.15) is 17.8 Å². The molecule has 0 bridgehead atoms. The molecule has 1 aromatic rings. The van der Waals surface area contributed by atoms with Crippen molar-refractivity contribution in [2.75, 3.05) is 0 Å². The summed E-state index contributed by atoms with van der Waals surface area (Å²) < 4.78 is 0. The van der Waals surface area contributed by atoms with Gasteiger partial charge < -0.3 is 42.7 Å². The number of phenols is 1. The van der Waals surface area contributed by atoms with E-state index in [9.17, 15) is 39.3 Å². The monoisotopic (exact) mass is 509 g/mol. The molecule has 13 heteroatoms. The zero-order chi connectivity index (χ0) is 27.6. The standard InChI is InChI=1S/C23H35N5O8/c1-11(2)18(22(34)28-19(12(3)29)23(35)36)27-21(33)16(10-13-4-6-14(30)7-5-13)26-20(32)15(24)8-9-17(25)31/h4-7,11-12,15-16,18-19,29-30H,8-10,24H2,1-3H3,(H2,25,31)(H,26,32)(H,27,33)(H,28,34)(H,35,36). The second kappa shape index (κ2) is 14.0. The van der Waals surface area contributed by atoms with Gasteiger partial charge in [0.05, 0.1) is 12.1 Å². The first kappa shape index (κ1) is 30.3. The van der Waals surface area contributed by atoms with E-state index in [4.69, 9.17) is 11.5 Å². The number of hydrogen-bond donors (Lipinski definition) is 8. The predicted molar refractivity (Wildman–Crippen MR) is 128 cm³/mol. The summed E-state index contributed by atoms with van der Waals surface area (Å²) in [5, 5.41) is 35.6. The van der Waals surface area contributed by atoms with Gasteiger partial charge in [0.2, 0.25) is 23.6 Å². The quantitative estimate of drug-likeness (QED) is 0.140. The Labute approximate surface area is 208 Å². The van der Waals surface area contributed by atoms with Crippen molar-refractivity contribution in [3.05, 3.63) is 29.8 Å². The van der Waals surface area contributed by atoms with Crippen LogP contribution in [0, 0.1) is 5.92 Å². The minimum absolute atomic E-state index is 0.0000923. The van der Waals surface area contributed by atoms with Crippen LogP contribution < -0.4 is 27.4 Å². The van der Waals surface area contributed by atoms with Gasteiger partial charge in [-0.15, -0.1) is 0 Å². The molecule has 0 aliphatic carbocycles.